The molecule has 3 amide bonds. The maximum atomic E-state index is 14.9. The topological polar surface area (TPSA) is 125 Å². The Morgan fingerprint density at radius 3 is 2.46 bits per heavy atom. The third kappa shape index (κ3) is 7.42. The molecule has 0 aliphatic carbocycles. The fourth-order valence-corrected chi connectivity index (χ4v) is 8.16. The zero-order valence-corrected chi connectivity index (χ0v) is 29.4. The number of para-hydroxylation sites is 1. The minimum absolute atomic E-state index is 0.0684. The monoisotopic (exact) mass is 685 g/mol. The van der Waals surface area contributed by atoms with Gasteiger partial charge < -0.3 is 29.7 Å². The van der Waals surface area contributed by atoms with Crippen LogP contribution in [0.2, 0.25) is 0 Å². The molecule has 0 radical (unpaired) electrons. The van der Waals surface area contributed by atoms with Crippen LogP contribution in [0.1, 0.15) is 74.1 Å². The van der Waals surface area contributed by atoms with E-state index < -0.39 is 41.6 Å². The van der Waals surface area contributed by atoms with E-state index in [2.05, 4.69) is 18.5 Å². The van der Waals surface area contributed by atoms with Crippen molar-refractivity contribution in [2.45, 2.75) is 89.0 Å². The largest absolute Gasteiger partial charge is 0.463 e. The first kappa shape index (κ1) is 37.0. The van der Waals surface area contributed by atoms with Crippen molar-refractivity contribution >= 4 is 29.4 Å². The Hall–Kier alpha value is -4.28. The van der Waals surface area contributed by atoms with E-state index in [1.807, 2.05) is 62.4 Å². The summed E-state index contributed by atoms with van der Waals surface area (Å²) in [4.78, 5) is 59.6. The number of fused-ring (bicyclic) bond motifs is 1. The zero-order valence-electron chi connectivity index (χ0n) is 29.4. The summed E-state index contributed by atoms with van der Waals surface area (Å²) >= 11 is 0. The minimum atomic E-state index is -1.17. The predicted octanol–water partition coefficient (Wildman–Crippen LogP) is 5.12. The summed E-state index contributed by atoms with van der Waals surface area (Å²) in [5, 5.41) is 12.4. The van der Waals surface area contributed by atoms with Crippen LogP contribution in [-0.4, -0.2) is 77.7 Å². The molecule has 0 saturated carbocycles. The fourth-order valence-electron chi connectivity index (χ4n) is 8.16. The molecule has 2 aromatic carbocycles. The zero-order chi connectivity index (χ0) is 35.8. The lowest BCUT2D eigenvalue weighted by molar-refractivity contribution is -0.146. The summed E-state index contributed by atoms with van der Waals surface area (Å²) in [6.45, 7) is 12.1. The Kier molecular flexibility index (Phi) is 12.3. The summed E-state index contributed by atoms with van der Waals surface area (Å²) in [5.41, 5.74) is 2.24. The van der Waals surface area contributed by atoms with Crippen molar-refractivity contribution in [3.63, 3.8) is 0 Å². The molecule has 2 aromatic rings. The lowest BCUT2D eigenvalue weighted by Gasteiger charge is -2.37. The number of hydrogen-bond acceptors (Lipinski definition) is 7. The van der Waals surface area contributed by atoms with Gasteiger partial charge in [0.1, 0.15) is 18.2 Å². The van der Waals surface area contributed by atoms with E-state index in [9.17, 15) is 24.3 Å². The van der Waals surface area contributed by atoms with Crippen molar-refractivity contribution < 1.29 is 33.8 Å². The van der Waals surface area contributed by atoms with Crippen molar-refractivity contribution in [1.82, 2.24) is 10.2 Å². The molecule has 2 bridgehead atoms. The van der Waals surface area contributed by atoms with E-state index in [1.165, 1.54) is 0 Å². The van der Waals surface area contributed by atoms with Crippen LogP contribution in [0.3, 0.4) is 0 Å². The highest BCUT2D eigenvalue weighted by molar-refractivity contribution is 6.05. The normalized spacial score (nSPS) is 24.1. The van der Waals surface area contributed by atoms with Crippen LogP contribution in [0.4, 0.5) is 5.69 Å². The Labute approximate surface area is 295 Å². The van der Waals surface area contributed by atoms with Crippen molar-refractivity contribution in [2.75, 3.05) is 31.2 Å². The van der Waals surface area contributed by atoms with Gasteiger partial charge in [0.2, 0.25) is 11.8 Å². The van der Waals surface area contributed by atoms with Gasteiger partial charge in [-0.05, 0) is 62.6 Å². The van der Waals surface area contributed by atoms with Crippen molar-refractivity contribution in [3.05, 3.63) is 90.5 Å². The average Bonchev–Trinajstić information content (AvgIpc) is 3.76. The third-order valence-corrected chi connectivity index (χ3v) is 10.4. The number of rotatable bonds is 18. The number of carbonyl (C=O) groups excluding carboxylic acids is 4. The summed E-state index contributed by atoms with van der Waals surface area (Å²) in [6.07, 6.45) is 7.40. The number of anilines is 1. The SMILES string of the molecule is C=CCCC(=O)OC[C@H](NC(=O)[C@@H]1[C@H]2C(=O)N(CCCCCCO)[C@H](C(=O)N(CC=C)c3c(C)cccc3C)[C@]23CC[C@H]1O3)c1ccccc1. The van der Waals surface area contributed by atoms with E-state index in [-0.39, 0.29) is 43.9 Å². The van der Waals surface area contributed by atoms with E-state index in [4.69, 9.17) is 9.47 Å². The smallest absolute Gasteiger partial charge is 0.306 e. The summed E-state index contributed by atoms with van der Waals surface area (Å²) in [7, 11) is 0. The lowest BCUT2D eigenvalue weighted by atomic mass is 9.70. The molecule has 0 aromatic heterocycles. The molecule has 3 fully saturated rings. The van der Waals surface area contributed by atoms with Gasteiger partial charge in [-0.2, -0.15) is 0 Å². The Balaban J connectivity index is 1.46. The molecule has 268 valence electrons. The first-order chi connectivity index (χ1) is 24.2. The first-order valence-electron chi connectivity index (χ1n) is 17.9. The average molecular weight is 686 g/mol. The molecular formula is C40H51N3O7. The minimum Gasteiger partial charge on any atom is -0.463 e. The number of aliphatic hydroxyl groups is 1. The van der Waals surface area contributed by atoms with Gasteiger partial charge in [-0.3, -0.25) is 19.2 Å². The van der Waals surface area contributed by atoms with Gasteiger partial charge in [-0.25, -0.2) is 0 Å². The quantitative estimate of drug-likeness (QED) is 0.127. The van der Waals surface area contributed by atoms with E-state index >= 15 is 0 Å². The first-order valence-corrected chi connectivity index (χ1v) is 17.9. The molecule has 6 atom stereocenters. The molecule has 3 aliphatic rings. The molecule has 1 spiro atoms. The number of benzene rings is 2. The maximum Gasteiger partial charge on any atom is 0.306 e. The standard InChI is InChI=1S/C40H51N3O7/c1-5-7-20-32(45)49-26-30(29-18-11-10-12-19-29)41-37(46)33-31-21-22-40(50-31)34(33)38(47)43(24-13-8-9-14-25-44)36(40)39(48)42(23-6-2)35-27(3)16-15-17-28(35)4/h5-6,10-12,15-19,30-31,33-34,36,44H,1-2,7-9,13-14,20-26H2,3-4H3,(H,41,46)/t30-,31+,33-,34-,36+,40-/m0/s1. The number of esters is 1. The number of allylic oxidation sites excluding steroid dienone is 1. The van der Waals surface area contributed by atoms with Gasteiger partial charge in [0.25, 0.3) is 5.91 Å². The number of aryl methyl sites for hydroxylation is 2. The van der Waals surface area contributed by atoms with Gasteiger partial charge in [0.15, 0.2) is 0 Å². The Bertz CT molecular complexity index is 1540. The van der Waals surface area contributed by atoms with Gasteiger partial charge in [0.05, 0.1) is 24.0 Å². The van der Waals surface area contributed by atoms with E-state index in [1.54, 1.807) is 22.0 Å². The van der Waals surface area contributed by atoms with Gasteiger partial charge >= 0.3 is 5.97 Å². The van der Waals surface area contributed by atoms with Gasteiger partial charge in [0, 0.05) is 31.8 Å². The van der Waals surface area contributed by atoms with Crippen LogP contribution in [0.25, 0.3) is 0 Å². The van der Waals surface area contributed by atoms with Crippen molar-refractivity contribution in [3.8, 4) is 0 Å². The van der Waals surface area contributed by atoms with Crippen LogP contribution in [0, 0.1) is 25.7 Å². The van der Waals surface area contributed by atoms with Crippen molar-refractivity contribution in [1.29, 1.82) is 0 Å². The van der Waals surface area contributed by atoms with Crippen LogP contribution in [0.5, 0.6) is 0 Å². The highest BCUT2D eigenvalue weighted by Gasteiger charge is 2.74. The Morgan fingerprint density at radius 1 is 1.06 bits per heavy atom. The van der Waals surface area contributed by atoms with Crippen LogP contribution >= 0.6 is 0 Å². The second-order valence-corrected chi connectivity index (χ2v) is 13.7. The predicted molar refractivity (Wildman–Crippen MR) is 191 cm³/mol. The van der Waals surface area contributed by atoms with Crippen LogP contribution < -0.4 is 10.2 Å². The number of amides is 3. The summed E-state index contributed by atoms with van der Waals surface area (Å²) in [6, 6.07) is 13.6. The Morgan fingerprint density at radius 2 is 1.78 bits per heavy atom. The molecule has 3 saturated heterocycles. The number of nitrogens with one attached hydrogen (secondary N) is 1. The van der Waals surface area contributed by atoms with E-state index in [0.717, 1.165) is 35.2 Å². The van der Waals surface area contributed by atoms with E-state index in [0.29, 0.717) is 38.6 Å². The summed E-state index contributed by atoms with van der Waals surface area (Å²) < 4.78 is 12.3. The molecule has 0 unspecified atom stereocenters. The number of ether oxygens (including phenoxy) is 2. The molecule has 3 heterocycles. The molecule has 10 heteroatoms. The number of unbranched alkanes of at least 4 members (excludes halogenated alkanes) is 3. The fraction of sp³-hybridized carbons (Fsp3) is 0.500. The van der Waals surface area contributed by atoms with Crippen LogP contribution in [-0.2, 0) is 28.7 Å². The number of nitrogens with zero attached hydrogens (tertiary/aromatic N) is 2. The molecule has 5 rings (SSSR count). The molecular weight excluding hydrogens is 634 g/mol. The molecule has 3 aliphatic heterocycles. The van der Waals surface area contributed by atoms with Crippen molar-refractivity contribution in [2.24, 2.45) is 11.8 Å². The molecule has 2 N–H and O–H groups in total. The number of aliphatic hydroxyl groups excluding tert-OH is 1. The maximum absolute atomic E-state index is 14.9. The lowest BCUT2D eigenvalue weighted by Crippen LogP contribution is -2.57. The van der Waals surface area contributed by atoms with Gasteiger partial charge in [-0.15, -0.1) is 13.2 Å². The third-order valence-electron chi connectivity index (χ3n) is 10.4. The highest BCUT2D eigenvalue weighted by Crippen LogP contribution is 2.59. The molecule has 50 heavy (non-hydrogen) atoms. The second-order valence-electron chi connectivity index (χ2n) is 13.7. The van der Waals surface area contributed by atoms with Crippen LogP contribution in [0.15, 0.2) is 73.8 Å². The summed E-state index contributed by atoms with van der Waals surface area (Å²) in [5.74, 6) is -2.91. The molecule has 10 nitrogen and oxygen atoms in total. The highest BCUT2D eigenvalue weighted by atomic mass is 16.5. The number of carbonyl (C=O) groups is 4. The number of hydrogen-bond donors (Lipinski definition) is 2. The second kappa shape index (κ2) is 16.6. The van der Waals surface area contributed by atoms with Gasteiger partial charge in [-0.1, -0.05) is 73.5 Å². The number of likely N-dealkylation sites (tertiary alicyclic amines) is 1.